The fourth-order valence-electron chi connectivity index (χ4n) is 3.38. The van der Waals surface area contributed by atoms with E-state index in [0.29, 0.717) is 11.6 Å². The minimum absolute atomic E-state index is 0.109. The number of aromatic nitrogens is 2. The Morgan fingerprint density at radius 2 is 1.66 bits per heavy atom. The average molecular weight is 489 g/mol. The monoisotopic (exact) mass is 488 g/mol. The first-order valence-corrected chi connectivity index (χ1v) is 11.9. The van der Waals surface area contributed by atoms with E-state index in [9.17, 15) is 13.2 Å². The van der Waals surface area contributed by atoms with Crippen LogP contribution >= 0.6 is 0 Å². The van der Waals surface area contributed by atoms with Gasteiger partial charge in [-0.15, -0.1) is 0 Å². The molecule has 0 radical (unpaired) electrons. The third-order valence-electron chi connectivity index (χ3n) is 5.42. The summed E-state index contributed by atoms with van der Waals surface area (Å²) in [5.41, 5.74) is 3.70. The molecule has 0 saturated carbocycles. The smallest absolute Gasteiger partial charge is 0.383 e. The maximum Gasteiger partial charge on any atom is 0.429 e. The first-order chi connectivity index (χ1) is 16.4. The maximum atomic E-state index is 12.8. The van der Waals surface area contributed by atoms with Crippen molar-refractivity contribution in [2.75, 3.05) is 0 Å². The van der Waals surface area contributed by atoms with Gasteiger partial charge in [0.1, 0.15) is 5.71 Å². The molecule has 7 heteroatoms. The predicted octanol–water partition coefficient (Wildman–Crippen LogP) is 8.05. The molecule has 192 valence electrons. The summed E-state index contributed by atoms with van der Waals surface area (Å²) in [5, 5.41) is 7.37. The third kappa shape index (κ3) is 10.4. The zero-order valence-corrected chi connectivity index (χ0v) is 21.7. The molecule has 35 heavy (non-hydrogen) atoms. The molecular weight excluding hydrogens is 449 g/mol. The second-order valence-electron chi connectivity index (χ2n) is 8.57. The number of allylic oxidation sites excluding steroid dienone is 1. The quantitative estimate of drug-likeness (QED) is 0.257. The highest BCUT2D eigenvalue weighted by atomic mass is 19.4. The molecule has 1 atom stereocenters. The minimum Gasteiger partial charge on any atom is -0.383 e. The summed E-state index contributed by atoms with van der Waals surface area (Å²) in [6.45, 7) is 19.2. The van der Waals surface area contributed by atoms with Crippen molar-refractivity contribution in [3.05, 3.63) is 73.1 Å². The number of aliphatic imine (C=N–C) groups is 1. The molecule has 2 rings (SSSR count). The van der Waals surface area contributed by atoms with Crippen molar-refractivity contribution >= 4 is 22.7 Å². The van der Waals surface area contributed by atoms with Gasteiger partial charge in [0.15, 0.2) is 0 Å². The van der Waals surface area contributed by atoms with Gasteiger partial charge in [-0.05, 0) is 49.5 Å². The van der Waals surface area contributed by atoms with Gasteiger partial charge in [0, 0.05) is 25.0 Å². The van der Waals surface area contributed by atoms with Gasteiger partial charge in [-0.2, -0.15) is 18.3 Å². The Bertz CT molecular complexity index is 998. The SMILES string of the molecule is C=C(C)c1ccnn1C.C=C(N=C(CC)C(F)(F)F)c1ccc(C(=C)N[C@H](C)CCCCC)cc1. The van der Waals surface area contributed by atoms with Crippen LogP contribution in [0.2, 0.25) is 0 Å². The summed E-state index contributed by atoms with van der Waals surface area (Å²) >= 11 is 0. The summed E-state index contributed by atoms with van der Waals surface area (Å²) in [7, 11) is 1.91. The summed E-state index contributed by atoms with van der Waals surface area (Å²) in [5.74, 6) is 0. The van der Waals surface area contributed by atoms with Crippen molar-refractivity contribution in [2.24, 2.45) is 12.0 Å². The molecular formula is C28H39F3N4. The van der Waals surface area contributed by atoms with Gasteiger partial charge in [-0.1, -0.05) is 77.1 Å². The molecule has 0 bridgehead atoms. The molecule has 0 saturated heterocycles. The molecule has 1 heterocycles. The van der Waals surface area contributed by atoms with E-state index in [0.717, 1.165) is 28.9 Å². The van der Waals surface area contributed by atoms with E-state index in [4.69, 9.17) is 0 Å². The molecule has 1 N–H and O–H groups in total. The van der Waals surface area contributed by atoms with Gasteiger partial charge in [0.25, 0.3) is 0 Å². The van der Waals surface area contributed by atoms with Crippen LogP contribution in [0.5, 0.6) is 0 Å². The molecule has 2 aromatic rings. The highest BCUT2D eigenvalue weighted by Gasteiger charge is 2.34. The van der Waals surface area contributed by atoms with Crippen LogP contribution in [-0.4, -0.2) is 27.7 Å². The molecule has 0 aliphatic carbocycles. The van der Waals surface area contributed by atoms with E-state index < -0.39 is 11.9 Å². The van der Waals surface area contributed by atoms with Crippen LogP contribution in [0.3, 0.4) is 0 Å². The number of rotatable bonds is 11. The number of alkyl halides is 3. The van der Waals surface area contributed by atoms with E-state index in [2.05, 4.69) is 49.0 Å². The lowest BCUT2D eigenvalue weighted by Crippen LogP contribution is -2.23. The first kappa shape index (κ1) is 29.9. The van der Waals surface area contributed by atoms with Crippen LogP contribution in [0.1, 0.15) is 76.6 Å². The Morgan fingerprint density at radius 1 is 1.06 bits per heavy atom. The normalized spacial score (nSPS) is 12.4. The van der Waals surface area contributed by atoms with E-state index in [-0.39, 0.29) is 12.1 Å². The predicted molar refractivity (Wildman–Crippen MR) is 143 cm³/mol. The fourth-order valence-corrected chi connectivity index (χ4v) is 3.38. The second kappa shape index (κ2) is 14.3. The van der Waals surface area contributed by atoms with Gasteiger partial charge in [-0.3, -0.25) is 4.68 Å². The van der Waals surface area contributed by atoms with Crippen LogP contribution in [0.15, 0.2) is 61.3 Å². The number of benzene rings is 1. The van der Waals surface area contributed by atoms with E-state index >= 15 is 0 Å². The Hall–Kier alpha value is -3.09. The Labute approximate surface area is 208 Å². The highest BCUT2D eigenvalue weighted by Crippen LogP contribution is 2.24. The van der Waals surface area contributed by atoms with E-state index in [1.807, 2.05) is 36.9 Å². The number of nitrogens with one attached hydrogen (secondary N) is 1. The number of aryl methyl sites for hydroxylation is 1. The molecule has 0 spiro atoms. The molecule has 0 unspecified atom stereocenters. The second-order valence-corrected chi connectivity index (χ2v) is 8.57. The molecule has 4 nitrogen and oxygen atoms in total. The zero-order chi connectivity index (χ0) is 26.6. The van der Waals surface area contributed by atoms with Crippen molar-refractivity contribution in [1.29, 1.82) is 0 Å². The highest BCUT2D eigenvalue weighted by molar-refractivity contribution is 5.93. The first-order valence-electron chi connectivity index (χ1n) is 11.9. The van der Waals surface area contributed by atoms with Crippen molar-refractivity contribution in [3.63, 3.8) is 0 Å². The number of nitrogens with zero attached hydrogens (tertiary/aromatic N) is 3. The van der Waals surface area contributed by atoms with E-state index in [1.54, 1.807) is 18.3 Å². The molecule has 0 aliphatic heterocycles. The van der Waals surface area contributed by atoms with Gasteiger partial charge < -0.3 is 5.32 Å². The summed E-state index contributed by atoms with van der Waals surface area (Å²) in [6, 6.07) is 9.36. The summed E-state index contributed by atoms with van der Waals surface area (Å²) in [6.07, 6.45) is 1.81. The van der Waals surface area contributed by atoms with Crippen molar-refractivity contribution in [1.82, 2.24) is 15.1 Å². The third-order valence-corrected chi connectivity index (χ3v) is 5.42. The Balaban J connectivity index is 0.000000566. The van der Waals surface area contributed by atoms with Gasteiger partial charge in [0.2, 0.25) is 0 Å². The lowest BCUT2D eigenvalue weighted by molar-refractivity contribution is -0.0601. The average Bonchev–Trinajstić information content (AvgIpc) is 3.23. The summed E-state index contributed by atoms with van der Waals surface area (Å²) < 4.78 is 40.2. The summed E-state index contributed by atoms with van der Waals surface area (Å²) in [4.78, 5) is 3.66. The van der Waals surface area contributed by atoms with Crippen LogP contribution in [-0.2, 0) is 7.05 Å². The van der Waals surface area contributed by atoms with Crippen LogP contribution in [0, 0.1) is 0 Å². The van der Waals surface area contributed by atoms with Crippen molar-refractivity contribution < 1.29 is 13.2 Å². The fraction of sp³-hybridized carbons (Fsp3) is 0.429. The van der Waals surface area contributed by atoms with Crippen LogP contribution < -0.4 is 5.32 Å². The largest absolute Gasteiger partial charge is 0.429 e. The van der Waals surface area contributed by atoms with Crippen molar-refractivity contribution in [2.45, 2.75) is 72.0 Å². The standard InChI is InChI=1S/C21H29F3N2.C7H10N2/c1-6-8-9-10-15(3)25-16(4)18-11-13-19(14-12-18)17(5)26-20(7-2)21(22,23)24;1-6(2)7-4-5-8-9(7)3/h11-15,25H,4-10H2,1-3H3;4-5H,1H2,2-3H3/t15-;/m1./s1. The lowest BCUT2D eigenvalue weighted by atomic mass is 10.1. The Kier molecular flexibility index (Phi) is 12.3. The number of hydrogen-bond donors (Lipinski definition) is 1. The molecule has 0 amide bonds. The van der Waals surface area contributed by atoms with Crippen molar-refractivity contribution in [3.8, 4) is 0 Å². The Morgan fingerprint density at radius 3 is 2.09 bits per heavy atom. The van der Waals surface area contributed by atoms with Gasteiger partial charge >= 0.3 is 6.18 Å². The van der Waals surface area contributed by atoms with Crippen LogP contribution in [0.25, 0.3) is 17.0 Å². The molecule has 0 fully saturated rings. The number of unbranched alkanes of at least 4 members (excludes halogenated alkanes) is 2. The maximum absolute atomic E-state index is 12.8. The minimum atomic E-state index is -4.43. The number of halogens is 3. The lowest BCUT2D eigenvalue weighted by Gasteiger charge is -2.17. The van der Waals surface area contributed by atoms with Gasteiger partial charge in [-0.25, -0.2) is 4.99 Å². The molecule has 1 aromatic heterocycles. The topological polar surface area (TPSA) is 42.2 Å². The molecule has 1 aromatic carbocycles. The van der Waals surface area contributed by atoms with E-state index in [1.165, 1.54) is 26.2 Å². The van der Waals surface area contributed by atoms with Gasteiger partial charge in [0.05, 0.1) is 11.4 Å². The molecule has 0 aliphatic rings. The number of hydrogen-bond acceptors (Lipinski definition) is 3. The van der Waals surface area contributed by atoms with Crippen LogP contribution in [0.4, 0.5) is 13.2 Å². The zero-order valence-electron chi connectivity index (χ0n) is 21.7.